The minimum atomic E-state index is 0.250. The van der Waals surface area contributed by atoms with Crippen molar-refractivity contribution >= 4 is 0 Å². The van der Waals surface area contributed by atoms with E-state index in [4.69, 9.17) is 14.2 Å². The van der Waals surface area contributed by atoms with Crippen molar-refractivity contribution in [2.24, 2.45) is 22.7 Å². The highest BCUT2D eigenvalue weighted by Gasteiger charge is 2.40. The molecule has 0 amide bonds. The summed E-state index contributed by atoms with van der Waals surface area (Å²) < 4.78 is 17.9. The lowest BCUT2D eigenvalue weighted by atomic mass is 9.83. The third-order valence-corrected chi connectivity index (χ3v) is 5.71. The summed E-state index contributed by atoms with van der Waals surface area (Å²) in [7, 11) is 0. The Morgan fingerprint density at radius 1 is 0.704 bits per heavy atom. The van der Waals surface area contributed by atoms with Crippen LogP contribution < -0.4 is 0 Å². The van der Waals surface area contributed by atoms with Crippen LogP contribution in [0, 0.1) is 22.7 Å². The molecular formula is C24H46O3. The maximum Gasteiger partial charge on any atom is 0.107 e. The first-order chi connectivity index (χ1) is 12.4. The summed E-state index contributed by atoms with van der Waals surface area (Å²) in [6.45, 7) is 20.5. The Morgan fingerprint density at radius 3 is 1.30 bits per heavy atom. The number of epoxide rings is 2. The molecule has 2 saturated heterocycles. The maximum absolute atomic E-state index is 6.61. The minimum absolute atomic E-state index is 0.250. The normalized spacial score (nSPS) is 27.1. The lowest BCUT2D eigenvalue weighted by molar-refractivity contribution is -0.0499. The van der Waals surface area contributed by atoms with Crippen LogP contribution in [-0.2, 0) is 14.2 Å². The van der Waals surface area contributed by atoms with Gasteiger partial charge in [-0.25, -0.2) is 0 Å². The van der Waals surface area contributed by atoms with E-state index < -0.39 is 0 Å². The zero-order valence-electron chi connectivity index (χ0n) is 19.3. The van der Waals surface area contributed by atoms with Gasteiger partial charge in [0.2, 0.25) is 0 Å². The molecule has 6 unspecified atom stereocenters. The van der Waals surface area contributed by atoms with Gasteiger partial charge in [0, 0.05) is 0 Å². The molecule has 2 rings (SSSR count). The summed E-state index contributed by atoms with van der Waals surface area (Å²) >= 11 is 0. The van der Waals surface area contributed by atoms with Gasteiger partial charge in [0.15, 0.2) is 0 Å². The van der Waals surface area contributed by atoms with E-state index in [9.17, 15) is 0 Å². The van der Waals surface area contributed by atoms with Crippen LogP contribution in [0.15, 0.2) is 0 Å². The molecule has 0 aromatic carbocycles. The van der Waals surface area contributed by atoms with Gasteiger partial charge in [-0.15, -0.1) is 0 Å². The average molecular weight is 383 g/mol. The second-order valence-electron chi connectivity index (χ2n) is 11.9. The highest BCUT2D eigenvalue weighted by Crippen LogP contribution is 2.33. The van der Waals surface area contributed by atoms with Crippen LogP contribution in [0.4, 0.5) is 0 Å². The zero-order valence-corrected chi connectivity index (χ0v) is 19.3. The van der Waals surface area contributed by atoms with Crippen molar-refractivity contribution in [3.8, 4) is 0 Å². The molecule has 3 nitrogen and oxygen atoms in total. The maximum atomic E-state index is 6.61. The lowest BCUT2D eigenvalue weighted by Crippen LogP contribution is -2.31. The van der Waals surface area contributed by atoms with E-state index in [1.54, 1.807) is 0 Å². The van der Waals surface area contributed by atoms with E-state index >= 15 is 0 Å². The quantitative estimate of drug-likeness (QED) is 0.374. The van der Waals surface area contributed by atoms with E-state index in [-0.39, 0.29) is 12.2 Å². The van der Waals surface area contributed by atoms with Crippen LogP contribution in [0.2, 0.25) is 0 Å². The molecule has 6 atom stereocenters. The van der Waals surface area contributed by atoms with Crippen LogP contribution >= 0.6 is 0 Å². The molecule has 0 radical (unpaired) electrons. The van der Waals surface area contributed by atoms with Crippen LogP contribution in [0.1, 0.15) is 93.9 Å². The number of ether oxygens (including phenoxy) is 3. The molecule has 2 fully saturated rings. The monoisotopic (exact) mass is 382 g/mol. The Kier molecular flexibility index (Phi) is 8.22. The van der Waals surface area contributed by atoms with E-state index in [1.165, 1.54) is 25.7 Å². The fourth-order valence-corrected chi connectivity index (χ4v) is 4.64. The molecule has 0 spiro atoms. The lowest BCUT2D eigenvalue weighted by Gasteiger charge is -2.28. The second kappa shape index (κ2) is 9.59. The number of hydrogen-bond acceptors (Lipinski definition) is 3. The van der Waals surface area contributed by atoms with Gasteiger partial charge in [0.05, 0.1) is 25.4 Å². The van der Waals surface area contributed by atoms with Crippen molar-refractivity contribution in [2.75, 3.05) is 13.2 Å². The first-order valence-electron chi connectivity index (χ1n) is 11.3. The van der Waals surface area contributed by atoms with Crippen LogP contribution in [0.25, 0.3) is 0 Å². The molecule has 0 aromatic rings. The summed E-state index contributed by atoms with van der Waals surface area (Å²) in [6.07, 6.45) is 8.35. The predicted molar refractivity (Wildman–Crippen MR) is 113 cm³/mol. The molecule has 2 aliphatic rings. The molecule has 0 aliphatic carbocycles. The third kappa shape index (κ3) is 10.3. The second-order valence-corrected chi connectivity index (χ2v) is 11.9. The van der Waals surface area contributed by atoms with Gasteiger partial charge in [-0.1, -0.05) is 55.4 Å². The van der Waals surface area contributed by atoms with Gasteiger partial charge in [0.25, 0.3) is 0 Å². The van der Waals surface area contributed by atoms with Crippen molar-refractivity contribution in [2.45, 2.75) is 118 Å². The van der Waals surface area contributed by atoms with Crippen LogP contribution in [0.5, 0.6) is 0 Å². The van der Waals surface area contributed by atoms with Gasteiger partial charge in [-0.2, -0.15) is 0 Å². The van der Waals surface area contributed by atoms with Crippen molar-refractivity contribution in [3.63, 3.8) is 0 Å². The summed E-state index contributed by atoms with van der Waals surface area (Å²) in [5.74, 6) is 1.47. The van der Waals surface area contributed by atoms with Gasteiger partial charge in [0.1, 0.15) is 12.2 Å². The third-order valence-electron chi connectivity index (χ3n) is 5.71. The standard InChI is InChI=1S/C24H46O3/c1-17(13-23(3,4)5)9-11-19(21-15-25-21)27-20(22-16-26-22)12-10-18(2)14-24(6,7)8/h17-22H,9-16H2,1-8H3. The van der Waals surface area contributed by atoms with E-state index in [0.717, 1.165) is 37.9 Å². The Hall–Kier alpha value is -0.120. The van der Waals surface area contributed by atoms with Crippen LogP contribution in [-0.4, -0.2) is 37.6 Å². The molecule has 0 aromatic heterocycles. The topological polar surface area (TPSA) is 34.3 Å². The zero-order chi connectivity index (χ0) is 20.2. The Labute approximate surface area is 168 Å². The van der Waals surface area contributed by atoms with Gasteiger partial charge in [-0.3, -0.25) is 0 Å². The summed E-state index contributed by atoms with van der Waals surface area (Å²) in [4.78, 5) is 0. The van der Waals surface area contributed by atoms with E-state index in [0.29, 0.717) is 23.0 Å². The van der Waals surface area contributed by atoms with Crippen molar-refractivity contribution < 1.29 is 14.2 Å². The summed E-state index contributed by atoms with van der Waals surface area (Å²) in [6, 6.07) is 0. The highest BCUT2D eigenvalue weighted by atomic mass is 16.6. The summed E-state index contributed by atoms with van der Waals surface area (Å²) in [5, 5.41) is 0. The highest BCUT2D eigenvalue weighted by molar-refractivity contribution is 4.87. The molecule has 3 heteroatoms. The Bertz CT molecular complexity index is 386. The molecule has 0 N–H and O–H groups in total. The predicted octanol–water partition coefficient (Wildman–Crippen LogP) is 6.24. The van der Waals surface area contributed by atoms with Crippen molar-refractivity contribution in [1.82, 2.24) is 0 Å². The van der Waals surface area contributed by atoms with Gasteiger partial charge < -0.3 is 14.2 Å². The fraction of sp³-hybridized carbons (Fsp3) is 1.00. The van der Waals surface area contributed by atoms with Gasteiger partial charge >= 0.3 is 0 Å². The SMILES string of the molecule is CC(CCC(OC(CCC(C)CC(C)(C)C)C1CO1)C1CO1)CC(C)(C)C. The Balaban J connectivity index is 1.79. The van der Waals surface area contributed by atoms with Crippen molar-refractivity contribution in [3.05, 3.63) is 0 Å². The first kappa shape index (κ1) is 23.2. The molecular weight excluding hydrogens is 336 g/mol. The first-order valence-corrected chi connectivity index (χ1v) is 11.3. The number of hydrogen-bond donors (Lipinski definition) is 0. The van der Waals surface area contributed by atoms with Crippen molar-refractivity contribution in [1.29, 1.82) is 0 Å². The molecule has 2 aliphatic heterocycles. The molecule has 0 bridgehead atoms. The molecule has 160 valence electrons. The minimum Gasteiger partial charge on any atom is -0.370 e. The van der Waals surface area contributed by atoms with E-state index in [2.05, 4.69) is 55.4 Å². The summed E-state index contributed by atoms with van der Waals surface area (Å²) in [5.41, 5.74) is 0.804. The number of rotatable bonds is 12. The molecule has 2 heterocycles. The van der Waals surface area contributed by atoms with Crippen LogP contribution in [0.3, 0.4) is 0 Å². The largest absolute Gasteiger partial charge is 0.370 e. The molecule has 0 saturated carbocycles. The Morgan fingerprint density at radius 2 is 1.04 bits per heavy atom. The van der Waals surface area contributed by atoms with Gasteiger partial charge in [-0.05, 0) is 61.2 Å². The fourth-order valence-electron chi connectivity index (χ4n) is 4.64. The molecule has 27 heavy (non-hydrogen) atoms. The average Bonchev–Trinajstić information content (AvgIpc) is 3.33. The van der Waals surface area contributed by atoms with E-state index in [1.807, 2.05) is 0 Å². The smallest absolute Gasteiger partial charge is 0.107 e.